The van der Waals surface area contributed by atoms with Crippen molar-refractivity contribution in [3.63, 3.8) is 0 Å². The molecule has 6 rings (SSSR count). The molecular formula is C26H28Br2N6O. The molecule has 0 aliphatic carbocycles. The standard InChI is InChI=1S/C13H14BrN3.C7H6O.C6H8BrN3/c14-12-8-15-17-7-6-16(10-13(12)17)9-11-4-2-1-3-5-11;8-6-7-4-2-1-3-5-7;7-5-3-9-10-2-1-8-4-6(5)10/h1-5,8H,6-7,9-10H2;1-6H;3,8H,1-2,4H2. The van der Waals surface area contributed by atoms with Crippen LogP contribution in [-0.2, 0) is 32.7 Å². The van der Waals surface area contributed by atoms with Crippen molar-refractivity contribution in [2.75, 3.05) is 13.1 Å². The zero-order valence-electron chi connectivity index (χ0n) is 19.4. The van der Waals surface area contributed by atoms with Gasteiger partial charge in [-0.3, -0.25) is 19.1 Å². The number of hydrogen-bond acceptors (Lipinski definition) is 5. The fourth-order valence-corrected chi connectivity index (χ4v) is 4.78. The zero-order valence-corrected chi connectivity index (χ0v) is 22.5. The van der Waals surface area contributed by atoms with Crippen LogP contribution < -0.4 is 5.32 Å². The first kappa shape index (κ1) is 25.5. The smallest absolute Gasteiger partial charge is 0.150 e. The van der Waals surface area contributed by atoms with Gasteiger partial charge in [-0.15, -0.1) is 0 Å². The lowest BCUT2D eigenvalue weighted by atomic mass is 10.2. The molecule has 2 aromatic heterocycles. The van der Waals surface area contributed by atoms with Gasteiger partial charge >= 0.3 is 0 Å². The highest BCUT2D eigenvalue weighted by molar-refractivity contribution is 9.10. The minimum atomic E-state index is 0.729. The fourth-order valence-electron chi connectivity index (χ4n) is 3.92. The van der Waals surface area contributed by atoms with E-state index in [1.807, 2.05) is 35.3 Å². The summed E-state index contributed by atoms with van der Waals surface area (Å²) in [7, 11) is 0. The summed E-state index contributed by atoms with van der Waals surface area (Å²) in [5.41, 5.74) is 4.64. The molecule has 182 valence electrons. The van der Waals surface area contributed by atoms with Gasteiger partial charge in [-0.2, -0.15) is 10.2 Å². The van der Waals surface area contributed by atoms with Crippen molar-refractivity contribution < 1.29 is 4.79 Å². The number of hydrogen-bond donors (Lipinski definition) is 1. The van der Waals surface area contributed by atoms with E-state index in [1.54, 1.807) is 12.1 Å². The highest BCUT2D eigenvalue weighted by Crippen LogP contribution is 2.22. The van der Waals surface area contributed by atoms with Crippen LogP contribution in [0.5, 0.6) is 0 Å². The second-order valence-electron chi connectivity index (χ2n) is 8.23. The van der Waals surface area contributed by atoms with Crippen LogP contribution >= 0.6 is 31.9 Å². The van der Waals surface area contributed by atoms with Gasteiger partial charge in [0.05, 0.1) is 45.8 Å². The third-order valence-corrected chi connectivity index (χ3v) is 7.10. The van der Waals surface area contributed by atoms with Crippen LogP contribution in [0.3, 0.4) is 0 Å². The summed E-state index contributed by atoms with van der Waals surface area (Å²) < 4.78 is 6.35. The number of fused-ring (bicyclic) bond motifs is 2. The van der Waals surface area contributed by atoms with E-state index in [9.17, 15) is 4.79 Å². The fraction of sp³-hybridized carbons (Fsp3) is 0.269. The Balaban J connectivity index is 0.000000136. The Morgan fingerprint density at radius 1 is 0.829 bits per heavy atom. The summed E-state index contributed by atoms with van der Waals surface area (Å²) in [5, 5.41) is 11.8. The summed E-state index contributed by atoms with van der Waals surface area (Å²) in [6.45, 7) is 6.97. The quantitative estimate of drug-likeness (QED) is 0.339. The van der Waals surface area contributed by atoms with Gasteiger partial charge in [-0.25, -0.2) is 0 Å². The molecule has 35 heavy (non-hydrogen) atoms. The summed E-state index contributed by atoms with van der Waals surface area (Å²) in [6.07, 6.45) is 4.57. The second-order valence-corrected chi connectivity index (χ2v) is 9.93. The van der Waals surface area contributed by atoms with E-state index in [-0.39, 0.29) is 0 Å². The van der Waals surface area contributed by atoms with E-state index in [2.05, 4.69) is 87.3 Å². The van der Waals surface area contributed by atoms with Crippen LogP contribution in [0.1, 0.15) is 27.3 Å². The van der Waals surface area contributed by atoms with Crippen LogP contribution in [0, 0.1) is 0 Å². The van der Waals surface area contributed by atoms with Crippen molar-refractivity contribution in [1.29, 1.82) is 0 Å². The van der Waals surface area contributed by atoms with Crippen molar-refractivity contribution in [2.45, 2.75) is 32.7 Å². The van der Waals surface area contributed by atoms with E-state index < -0.39 is 0 Å². The molecule has 0 radical (unpaired) electrons. The van der Waals surface area contributed by atoms with Crippen LogP contribution in [-0.4, -0.2) is 43.8 Å². The molecule has 0 spiro atoms. The van der Waals surface area contributed by atoms with E-state index >= 15 is 0 Å². The molecule has 4 aromatic rings. The molecule has 0 amide bonds. The number of benzene rings is 2. The van der Waals surface area contributed by atoms with Crippen molar-refractivity contribution in [3.05, 3.63) is 105 Å². The lowest BCUT2D eigenvalue weighted by Crippen LogP contribution is -2.33. The van der Waals surface area contributed by atoms with Gasteiger partial charge < -0.3 is 5.32 Å². The predicted molar refractivity (Wildman–Crippen MR) is 144 cm³/mol. The van der Waals surface area contributed by atoms with Gasteiger partial charge in [0.2, 0.25) is 0 Å². The number of nitrogens with zero attached hydrogens (tertiary/aromatic N) is 5. The molecule has 2 aliphatic heterocycles. The third-order valence-electron chi connectivity index (χ3n) is 5.77. The van der Waals surface area contributed by atoms with Crippen LogP contribution in [0.25, 0.3) is 0 Å². The van der Waals surface area contributed by atoms with Gasteiger partial charge in [0.1, 0.15) is 6.29 Å². The van der Waals surface area contributed by atoms with E-state index in [1.165, 1.54) is 17.0 Å². The first-order chi connectivity index (χ1) is 17.1. The second kappa shape index (κ2) is 12.9. The maximum Gasteiger partial charge on any atom is 0.150 e. The molecule has 1 N–H and O–H groups in total. The molecule has 0 saturated heterocycles. The molecule has 0 saturated carbocycles. The Hall–Kier alpha value is -2.59. The topological polar surface area (TPSA) is 68.0 Å². The highest BCUT2D eigenvalue weighted by Gasteiger charge is 2.19. The lowest BCUT2D eigenvalue weighted by molar-refractivity contribution is 0.112. The molecule has 9 heteroatoms. The van der Waals surface area contributed by atoms with Crippen LogP contribution in [0.2, 0.25) is 0 Å². The molecule has 4 heterocycles. The Morgan fingerprint density at radius 3 is 2.09 bits per heavy atom. The van der Waals surface area contributed by atoms with E-state index in [0.717, 1.165) is 66.6 Å². The van der Waals surface area contributed by atoms with Gasteiger partial charge in [-0.1, -0.05) is 60.7 Å². The summed E-state index contributed by atoms with van der Waals surface area (Å²) in [6, 6.07) is 19.7. The van der Waals surface area contributed by atoms with Gasteiger partial charge in [-0.05, 0) is 37.4 Å². The molecule has 0 fully saturated rings. The van der Waals surface area contributed by atoms with Crippen LogP contribution in [0.15, 0.2) is 82.0 Å². The summed E-state index contributed by atoms with van der Waals surface area (Å²) >= 11 is 6.98. The molecule has 0 bridgehead atoms. The first-order valence-corrected chi connectivity index (χ1v) is 13.1. The monoisotopic (exact) mass is 598 g/mol. The van der Waals surface area contributed by atoms with Crippen molar-refractivity contribution in [1.82, 2.24) is 29.8 Å². The number of rotatable bonds is 3. The number of aromatic nitrogens is 4. The highest BCUT2D eigenvalue weighted by atomic mass is 79.9. The van der Waals surface area contributed by atoms with Gasteiger partial charge in [0.15, 0.2) is 0 Å². The molecular weight excluding hydrogens is 572 g/mol. The largest absolute Gasteiger partial charge is 0.309 e. The average molecular weight is 600 g/mol. The lowest BCUT2D eigenvalue weighted by Gasteiger charge is -2.27. The van der Waals surface area contributed by atoms with Gasteiger partial charge in [0.25, 0.3) is 0 Å². The molecule has 0 atom stereocenters. The Bertz CT molecular complexity index is 1210. The van der Waals surface area contributed by atoms with E-state index in [4.69, 9.17) is 0 Å². The number of carbonyl (C=O) groups excluding carboxylic acids is 1. The SMILES string of the molecule is Brc1cnn2c1CN(Cc1ccccc1)CC2.Brc1cnn2c1CNCC2.O=Cc1ccccc1. The number of aldehydes is 1. The van der Waals surface area contributed by atoms with Gasteiger partial charge in [0, 0.05) is 38.3 Å². The Morgan fingerprint density at radius 2 is 1.46 bits per heavy atom. The molecule has 2 aliphatic rings. The van der Waals surface area contributed by atoms with E-state index in [0.29, 0.717) is 0 Å². The normalized spacial score (nSPS) is 14.5. The third kappa shape index (κ3) is 7.20. The Labute approximate surface area is 222 Å². The zero-order chi connectivity index (χ0) is 24.5. The maximum atomic E-state index is 10.0. The van der Waals surface area contributed by atoms with Crippen LogP contribution in [0.4, 0.5) is 0 Å². The number of nitrogens with one attached hydrogen (secondary N) is 1. The first-order valence-electron chi connectivity index (χ1n) is 11.5. The van der Waals surface area contributed by atoms with Crippen molar-refractivity contribution in [3.8, 4) is 0 Å². The van der Waals surface area contributed by atoms with Crippen molar-refractivity contribution >= 4 is 38.1 Å². The maximum absolute atomic E-state index is 10.0. The molecule has 2 aromatic carbocycles. The predicted octanol–water partition coefficient (Wildman–Crippen LogP) is 4.91. The number of carbonyl (C=O) groups is 1. The minimum absolute atomic E-state index is 0.729. The summed E-state index contributed by atoms with van der Waals surface area (Å²) in [4.78, 5) is 12.5. The Kier molecular flexibility index (Phi) is 9.42. The minimum Gasteiger partial charge on any atom is -0.309 e. The number of halogens is 2. The molecule has 7 nitrogen and oxygen atoms in total. The average Bonchev–Trinajstić information content (AvgIpc) is 3.48. The van der Waals surface area contributed by atoms with Crippen molar-refractivity contribution in [2.24, 2.45) is 0 Å². The summed E-state index contributed by atoms with van der Waals surface area (Å²) in [5.74, 6) is 0. The molecule has 0 unspecified atom stereocenters.